The minimum atomic E-state index is -1.85. The van der Waals surface area contributed by atoms with Crippen LogP contribution in [0.15, 0.2) is 164 Å². The Morgan fingerprint density at radius 1 is 0.593 bits per heavy atom. The van der Waals surface area contributed by atoms with E-state index in [9.17, 15) is 0 Å². The molecule has 0 N–H and O–H groups in total. The van der Waals surface area contributed by atoms with Crippen molar-refractivity contribution in [3.8, 4) is 34.0 Å². The smallest absolute Gasteiger partial charge is 0 e. The van der Waals surface area contributed by atoms with Crippen LogP contribution >= 0.6 is 11.3 Å². The Morgan fingerprint density at radius 3 is 2.02 bits per heavy atom. The molecule has 0 spiro atoms. The molecule has 0 saturated heterocycles. The number of thiophene rings is 1. The monoisotopic (exact) mass is 1020 g/mol. The largest absolute Gasteiger partial charge is 0 e. The second-order valence-corrected chi connectivity index (χ2v) is 27.3. The topological polar surface area (TPSA) is 48.5 Å². The van der Waals surface area contributed by atoms with Gasteiger partial charge in [-0.25, -0.2) is 4.98 Å². The summed E-state index contributed by atoms with van der Waals surface area (Å²) in [6.07, 6.45) is 2.07. The van der Waals surface area contributed by atoms with Crippen LogP contribution in [-0.4, -0.2) is 37.4 Å². The third kappa shape index (κ3) is 7.12. The molecule has 59 heavy (non-hydrogen) atoms. The Labute approximate surface area is 363 Å². The molecular formula is C51H39GeIrN5S-2. The maximum absolute atomic E-state index is 5.02. The summed E-state index contributed by atoms with van der Waals surface area (Å²) in [5, 5.41) is 4.88. The first-order valence-corrected chi connectivity index (χ1v) is 27.7. The normalized spacial score (nSPS) is 11.6. The van der Waals surface area contributed by atoms with Crippen molar-refractivity contribution >= 4 is 82.1 Å². The molecule has 0 aliphatic heterocycles. The van der Waals surface area contributed by atoms with Gasteiger partial charge in [0, 0.05) is 31.5 Å². The van der Waals surface area contributed by atoms with Crippen molar-refractivity contribution in [2.75, 3.05) is 0 Å². The van der Waals surface area contributed by atoms with E-state index in [1.54, 1.807) is 11.3 Å². The van der Waals surface area contributed by atoms with Gasteiger partial charge in [-0.1, -0.05) is 53.4 Å². The van der Waals surface area contributed by atoms with Gasteiger partial charge in [0.15, 0.2) is 0 Å². The van der Waals surface area contributed by atoms with Crippen LogP contribution in [-0.2, 0) is 20.1 Å². The van der Waals surface area contributed by atoms with Crippen LogP contribution in [0.2, 0.25) is 17.3 Å². The Balaban J connectivity index is 0.000000150. The number of nitrogens with zero attached hydrogens (tertiary/aromatic N) is 5. The number of aromatic nitrogens is 5. The van der Waals surface area contributed by atoms with E-state index in [4.69, 9.17) is 15.0 Å². The van der Waals surface area contributed by atoms with Gasteiger partial charge in [-0.05, 0) is 47.3 Å². The number of hydrogen-bond donors (Lipinski definition) is 0. The summed E-state index contributed by atoms with van der Waals surface area (Å²) in [6.45, 7) is 2.03. The summed E-state index contributed by atoms with van der Waals surface area (Å²) < 4.78 is 7.14. The van der Waals surface area contributed by atoms with Crippen LogP contribution in [0.5, 0.6) is 0 Å². The van der Waals surface area contributed by atoms with E-state index in [1.165, 1.54) is 47.4 Å². The van der Waals surface area contributed by atoms with E-state index in [-0.39, 0.29) is 20.1 Å². The van der Waals surface area contributed by atoms with Gasteiger partial charge < -0.3 is 4.57 Å². The zero-order chi connectivity index (χ0) is 39.4. The molecule has 1 radical (unpaired) electrons. The molecule has 0 saturated carbocycles. The summed E-state index contributed by atoms with van der Waals surface area (Å²) in [7, 11) is 0. The molecule has 0 unspecified atom stereocenters. The fourth-order valence-corrected chi connectivity index (χ4v) is 11.2. The predicted molar refractivity (Wildman–Crippen MR) is 247 cm³/mol. The molecule has 6 aromatic carbocycles. The van der Waals surface area contributed by atoms with Gasteiger partial charge in [0.25, 0.3) is 0 Å². The van der Waals surface area contributed by atoms with Crippen LogP contribution in [0.3, 0.4) is 0 Å². The van der Waals surface area contributed by atoms with Crippen molar-refractivity contribution in [1.82, 2.24) is 24.1 Å². The number of benzene rings is 6. The van der Waals surface area contributed by atoms with E-state index in [0.29, 0.717) is 0 Å². The van der Waals surface area contributed by atoms with E-state index < -0.39 is 13.3 Å². The first kappa shape index (κ1) is 38.8. The average Bonchev–Trinajstić information content (AvgIpc) is 3.93. The summed E-state index contributed by atoms with van der Waals surface area (Å²) in [5.74, 6) is 8.10. The van der Waals surface area contributed by atoms with Crippen molar-refractivity contribution < 1.29 is 20.1 Å². The minimum absolute atomic E-state index is 0. The molecule has 0 bridgehead atoms. The molecule has 11 rings (SSSR count). The molecule has 0 aliphatic carbocycles. The minimum Gasteiger partial charge on any atom is 0 e. The Hall–Kier alpha value is -5.70. The number of hydrogen-bond acceptors (Lipinski definition) is 4. The summed E-state index contributed by atoms with van der Waals surface area (Å²) in [5.41, 5.74) is 10.8. The Kier molecular flexibility index (Phi) is 10.4. The maximum Gasteiger partial charge on any atom is 0 e. The standard InChI is InChI=1S/C26H23GeN2.C25H16N3S.Ir/c1-27(2,3)20-14-15-24(28-18-20)19-13-16-26-23(17-19)22-11-7-8-12-25(22)29(26)21-9-5-4-6-10-21;1-16-14-15-19-18-10-7-11-20(23(18)29-25(19)26-16)24-27-21-12-5-6-13-22(21)28(24)17-8-3-2-4-9-17;/h4-12,14-18H,1-3H3;2-10,12-15H,1H3;/q2*-1;. The fourth-order valence-electron chi connectivity index (χ4n) is 7.82. The first-order valence-electron chi connectivity index (χ1n) is 19.5. The number of rotatable bonds is 5. The van der Waals surface area contributed by atoms with Gasteiger partial charge in [-0.3, -0.25) is 4.98 Å². The Morgan fingerprint density at radius 2 is 1.29 bits per heavy atom. The van der Waals surface area contributed by atoms with Crippen LogP contribution in [0.1, 0.15) is 5.69 Å². The number of aryl methyl sites for hydroxylation is 1. The summed E-state index contributed by atoms with van der Waals surface area (Å²) in [4.78, 5) is 15.6. The second kappa shape index (κ2) is 15.8. The van der Waals surface area contributed by atoms with Gasteiger partial charge in [-0.15, -0.1) is 18.2 Å². The quantitative estimate of drug-likeness (QED) is 0.127. The third-order valence-electron chi connectivity index (χ3n) is 10.8. The van der Waals surface area contributed by atoms with Gasteiger partial charge in [0.2, 0.25) is 0 Å². The SMILES string of the molecule is Cc1ccc2c(n1)sc1c(-c3nc4ccccc4n3-c3ccccc3)[c-]ccc12.[CH3][Ge]([CH3])([CH3])[c]1ccc(-c2[c-]cc3c(c2)c2ccccc2n3-c2ccccc2)nc1.[Ir]. The number of pyridine rings is 2. The zero-order valence-electron chi connectivity index (χ0n) is 33.1. The molecule has 5 aromatic heterocycles. The molecule has 8 heteroatoms. The van der Waals surface area contributed by atoms with Crippen LogP contribution in [0.25, 0.3) is 87.2 Å². The van der Waals surface area contributed by atoms with E-state index in [2.05, 4.69) is 184 Å². The predicted octanol–water partition coefficient (Wildman–Crippen LogP) is 12.8. The second-order valence-electron chi connectivity index (χ2n) is 15.6. The molecule has 5 nitrogen and oxygen atoms in total. The maximum atomic E-state index is 5.02. The van der Waals surface area contributed by atoms with Crippen molar-refractivity contribution in [3.05, 3.63) is 182 Å². The molecule has 11 aromatic rings. The number of fused-ring (bicyclic) bond motifs is 7. The molecule has 0 fully saturated rings. The third-order valence-corrected chi connectivity index (χ3v) is 16.1. The molecule has 0 amide bonds. The van der Waals surface area contributed by atoms with Gasteiger partial charge in [0.1, 0.15) is 4.83 Å². The number of imidazole rings is 1. The van der Waals surface area contributed by atoms with Gasteiger partial charge >= 0.3 is 168 Å². The summed E-state index contributed by atoms with van der Waals surface area (Å²) >= 11 is -0.138. The van der Waals surface area contributed by atoms with Crippen molar-refractivity contribution in [2.45, 2.75) is 24.2 Å². The molecule has 0 atom stereocenters. The van der Waals surface area contributed by atoms with Crippen LogP contribution in [0.4, 0.5) is 0 Å². The molecule has 289 valence electrons. The van der Waals surface area contributed by atoms with Crippen LogP contribution in [0, 0.1) is 19.1 Å². The summed E-state index contributed by atoms with van der Waals surface area (Å²) in [6, 6.07) is 61.9. The molecule has 0 aliphatic rings. The van der Waals surface area contributed by atoms with Crippen molar-refractivity contribution in [2.24, 2.45) is 0 Å². The van der Waals surface area contributed by atoms with Gasteiger partial charge in [-0.2, -0.15) is 11.3 Å². The van der Waals surface area contributed by atoms with Crippen molar-refractivity contribution in [3.63, 3.8) is 0 Å². The van der Waals surface area contributed by atoms with Crippen molar-refractivity contribution in [1.29, 1.82) is 0 Å². The first-order chi connectivity index (χ1) is 28.3. The van der Waals surface area contributed by atoms with E-state index in [1.807, 2.05) is 25.1 Å². The fraction of sp³-hybridized carbons (Fsp3) is 0.0784. The molecule has 5 heterocycles. The van der Waals surface area contributed by atoms with E-state index in [0.717, 1.165) is 49.9 Å². The van der Waals surface area contributed by atoms with Gasteiger partial charge in [0.05, 0.1) is 16.9 Å². The Bertz CT molecular complexity index is 3270. The zero-order valence-corrected chi connectivity index (χ0v) is 38.4. The average molecular weight is 1020 g/mol. The van der Waals surface area contributed by atoms with Crippen LogP contribution < -0.4 is 4.40 Å². The van der Waals surface area contributed by atoms with E-state index >= 15 is 0 Å². The number of para-hydroxylation sites is 5. The molecular weight excluding hydrogens is 979 g/mol.